The topological polar surface area (TPSA) is 86.7 Å². The van der Waals surface area contributed by atoms with Crippen molar-refractivity contribution >= 4 is 16.2 Å². The first-order chi connectivity index (χ1) is 7.31. The van der Waals surface area contributed by atoms with Gasteiger partial charge >= 0.3 is 5.97 Å². The summed E-state index contributed by atoms with van der Waals surface area (Å²) in [5.74, 6) is -0.434. The van der Waals surface area contributed by atoms with Gasteiger partial charge in [0.25, 0.3) is 10.2 Å². The highest BCUT2D eigenvalue weighted by Crippen LogP contribution is 2.26. The molecule has 1 aliphatic carbocycles. The van der Waals surface area contributed by atoms with Crippen LogP contribution in [0.15, 0.2) is 0 Å². The van der Waals surface area contributed by atoms with Gasteiger partial charge in [0.1, 0.15) is 0 Å². The van der Waals surface area contributed by atoms with Gasteiger partial charge in [0.05, 0.1) is 6.42 Å². The minimum atomic E-state index is -3.52. The van der Waals surface area contributed by atoms with Gasteiger partial charge < -0.3 is 5.11 Å². The average molecular weight is 250 g/mol. The first-order valence-corrected chi connectivity index (χ1v) is 6.70. The van der Waals surface area contributed by atoms with E-state index in [1.807, 2.05) is 0 Å². The molecule has 0 spiro atoms. The molecule has 7 heteroatoms. The molecule has 16 heavy (non-hydrogen) atoms. The van der Waals surface area contributed by atoms with Gasteiger partial charge in [-0.3, -0.25) is 4.79 Å². The van der Waals surface area contributed by atoms with E-state index >= 15 is 0 Å². The van der Waals surface area contributed by atoms with Crippen molar-refractivity contribution in [3.05, 3.63) is 0 Å². The summed E-state index contributed by atoms with van der Waals surface area (Å²) in [7, 11) is -2.14. The van der Waals surface area contributed by atoms with E-state index in [0.717, 1.165) is 17.1 Å². The normalized spacial score (nSPS) is 25.4. The van der Waals surface area contributed by atoms with Crippen LogP contribution in [0, 0.1) is 5.92 Å². The van der Waals surface area contributed by atoms with Crippen LogP contribution in [0.2, 0.25) is 0 Å². The maximum atomic E-state index is 11.7. The highest BCUT2D eigenvalue weighted by molar-refractivity contribution is 7.87. The molecule has 0 unspecified atom stereocenters. The molecule has 0 aromatic rings. The number of aliphatic carboxylic acids is 1. The molecule has 0 bridgehead atoms. The molecular weight excluding hydrogens is 232 g/mol. The summed E-state index contributed by atoms with van der Waals surface area (Å²) in [5.41, 5.74) is 0. The van der Waals surface area contributed by atoms with Crippen molar-refractivity contribution in [3.63, 3.8) is 0 Å². The van der Waals surface area contributed by atoms with E-state index in [1.54, 1.807) is 0 Å². The Morgan fingerprint density at radius 3 is 2.50 bits per heavy atom. The van der Waals surface area contributed by atoms with Gasteiger partial charge in [-0.25, -0.2) is 0 Å². The number of hydrogen-bond acceptors (Lipinski definition) is 3. The molecule has 0 heterocycles. The maximum absolute atomic E-state index is 11.7. The molecule has 1 rings (SSSR count). The van der Waals surface area contributed by atoms with Crippen LogP contribution in [-0.2, 0) is 15.0 Å². The molecule has 0 atom stereocenters. The maximum Gasteiger partial charge on any atom is 0.304 e. The van der Waals surface area contributed by atoms with Crippen molar-refractivity contribution in [3.8, 4) is 0 Å². The van der Waals surface area contributed by atoms with Crippen LogP contribution in [0.4, 0.5) is 0 Å². The second-order valence-corrected chi connectivity index (χ2v) is 6.17. The molecule has 2 N–H and O–H groups in total. The lowest BCUT2D eigenvalue weighted by molar-refractivity contribution is -0.137. The van der Waals surface area contributed by atoms with E-state index in [2.05, 4.69) is 11.6 Å². The van der Waals surface area contributed by atoms with Gasteiger partial charge in [-0.05, 0) is 18.8 Å². The largest absolute Gasteiger partial charge is 0.481 e. The second-order valence-electron chi connectivity index (χ2n) is 4.36. The van der Waals surface area contributed by atoms with Crippen LogP contribution in [0.25, 0.3) is 0 Å². The zero-order chi connectivity index (χ0) is 12.3. The summed E-state index contributed by atoms with van der Waals surface area (Å²) in [6, 6.07) is 0.00674. The SMILES string of the molecule is CC1CC(NS(=O)(=O)N(C)CCC(=O)O)C1. The minimum absolute atomic E-state index is 0.00674. The van der Waals surface area contributed by atoms with Crippen molar-refractivity contribution in [2.24, 2.45) is 5.92 Å². The Balaban J connectivity index is 2.40. The van der Waals surface area contributed by atoms with Crippen LogP contribution < -0.4 is 4.72 Å². The molecule has 1 fully saturated rings. The molecule has 0 saturated heterocycles. The molecule has 6 nitrogen and oxygen atoms in total. The Kier molecular flexibility index (Phi) is 4.28. The van der Waals surface area contributed by atoms with Crippen LogP contribution in [0.3, 0.4) is 0 Å². The van der Waals surface area contributed by atoms with Gasteiger partial charge in [-0.2, -0.15) is 17.4 Å². The molecule has 0 aliphatic heterocycles. The molecule has 1 aliphatic rings. The van der Waals surface area contributed by atoms with Crippen LogP contribution >= 0.6 is 0 Å². The zero-order valence-electron chi connectivity index (χ0n) is 9.51. The van der Waals surface area contributed by atoms with Crippen molar-refractivity contribution in [2.75, 3.05) is 13.6 Å². The molecule has 94 valence electrons. The van der Waals surface area contributed by atoms with E-state index in [4.69, 9.17) is 5.11 Å². The summed E-state index contributed by atoms with van der Waals surface area (Å²) in [5, 5.41) is 8.46. The Bertz CT molecular complexity index is 349. The highest BCUT2D eigenvalue weighted by Gasteiger charge is 2.30. The van der Waals surface area contributed by atoms with E-state index in [1.165, 1.54) is 7.05 Å². The third-order valence-electron chi connectivity index (χ3n) is 2.74. The number of hydrogen-bond donors (Lipinski definition) is 2. The Morgan fingerprint density at radius 2 is 2.06 bits per heavy atom. The lowest BCUT2D eigenvalue weighted by atomic mass is 9.83. The van der Waals surface area contributed by atoms with E-state index < -0.39 is 16.2 Å². The number of carboxylic acids is 1. The van der Waals surface area contributed by atoms with Crippen molar-refractivity contribution in [1.29, 1.82) is 0 Å². The van der Waals surface area contributed by atoms with Crippen LogP contribution in [-0.4, -0.2) is 43.4 Å². The summed E-state index contributed by atoms with van der Waals surface area (Å²) < 4.78 is 26.9. The Morgan fingerprint density at radius 1 is 1.50 bits per heavy atom. The van der Waals surface area contributed by atoms with Crippen molar-refractivity contribution < 1.29 is 18.3 Å². The van der Waals surface area contributed by atoms with E-state index in [-0.39, 0.29) is 19.0 Å². The van der Waals surface area contributed by atoms with Crippen LogP contribution in [0.5, 0.6) is 0 Å². The fourth-order valence-corrected chi connectivity index (χ4v) is 2.80. The summed E-state index contributed by atoms with van der Waals surface area (Å²) >= 11 is 0. The summed E-state index contributed by atoms with van der Waals surface area (Å²) in [4.78, 5) is 10.3. The Labute approximate surface area is 95.8 Å². The molecule has 1 saturated carbocycles. The molecule has 0 amide bonds. The number of nitrogens with one attached hydrogen (secondary N) is 1. The third kappa shape index (κ3) is 3.73. The quantitative estimate of drug-likeness (QED) is 0.696. The van der Waals surface area contributed by atoms with E-state index in [9.17, 15) is 13.2 Å². The number of nitrogens with zero attached hydrogens (tertiary/aromatic N) is 1. The fraction of sp³-hybridized carbons (Fsp3) is 0.889. The molecule has 0 aromatic carbocycles. The van der Waals surface area contributed by atoms with Gasteiger partial charge in [0.15, 0.2) is 0 Å². The fourth-order valence-electron chi connectivity index (χ4n) is 1.67. The number of carboxylic acid groups (broad SMARTS) is 1. The van der Waals surface area contributed by atoms with Gasteiger partial charge in [-0.15, -0.1) is 0 Å². The summed E-state index contributed by atoms with van der Waals surface area (Å²) in [6.07, 6.45) is 1.52. The third-order valence-corrected chi connectivity index (χ3v) is 4.37. The highest BCUT2D eigenvalue weighted by atomic mass is 32.2. The lowest BCUT2D eigenvalue weighted by Gasteiger charge is -2.34. The van der Waals surface area contributed by atoms with Gasteiger partial charge in [0.2, 0.25) is 0 Å². The lowest BCUT2D eigenvalue weighted by Crippen LogP contribution is -2.48. The minimum Gasteiger partial charge on any atom is -0.481 e. The number of rotatable bonds is 6. The second kappa shape index (κ2) is 5.11. The average Bonchev–Trinajstić information content (AvgIpc) is 2.11. The predicted octanol–water partition coefficient (Wildman–Crippen LogP) is 0.0258. The molecular formula is C9H18N2O4S. The smallest absolute Gasteiger partial charge is 0.304 e. The number of carbonyl (C=O) groups is 1. The first kappa shape index (κ1) is 13.4. The van der Waals surface area contributed by atoms with Crippen molar-refractivity contribution in [1.82, 2.24) is 9.03 Å². The standard InChI is InChI=1S/C9H18N2O4S/c1-7-5-8(6-7)10-16(14,15)11(2)4-3-9(12)13/h7-8,10H,3-6H2,1-2H3,(H,12,13). The summed E-state index contributed by atoms with van der Waals surface area (Å²) in [6.45, 7) is 2.06. The zero-order valence-corrected chi connectivity index (χ0v) is 10.3. The monoisotopic (exact) mass is 250 g/mol. The van der Waals surface area contributed by atoms with Gasteiger partial charge in [-0.1, -0.05) is 6.92 Å². The molecule has 0 aromatic heterocycles. The Hall–Kier alpha value is -0.660. The molecule has 0 radical (unpaired) electrons. The predicted molar refractivity (Wildman–Crippen MR) is 59.1 cm³/mol. The van der Waals surface area contributed by atoms with Gasteiger partial charge in [0, 0.05) is 19.6 Å². The van der Waals surface area contributed by atoms with Crippen LogP contribution in [0.1, 0.15) is 26.2 Å². The first-order valence-electron chi connectivity index (χ1n) is 5.26. The van der Waals surface area contributed by atoms with Crippen molar-refractivity contribution in [2.45, 2.75) is 32.2 Å². The van der Waals surface area contributed by atoms with E-state index in [0.29, 0.717) is 5.92 Å².